The van der Waals surface area contributed by atoms with E-state index < -0.39 is 0 Å². The lowest BCUT2D eigenvalue weighted by atomic mass is 9.80. The highest BCUT2D eigenvalue weighted by Gasteiger charge is 2.47. The van der Waals surface area contributed by atoms with Gasteiger partial charge in [-0.05, 0) is 109 Å². The third-order valence-corrected chi connectivity index (χ3v) is 10.6. The summed E-state index contributed by atoms with van der Waals surface area (Å²) in [7, 11) is 0. The van der Waals surface area contributed by atoms with Crippen LogP contribution < -0.4 is 9.80 Å². The van der Waals surface area contributed by atoms with Gasteiger partial charge in [-0.1, -0.05) is 97.1 Å². The van der Waals surface area contributed by atoms with Crippen LogP contribution in [0.5, 0.6) is 0 Å². The first-order valence-electron chi connectivity index (χ1n) is 16.6. The van der Waals surface area contributed by atoms with Gasteiger partial charge in [0.25, 0.3) is 0 Å². The van der Waals surface area contributed by atoms with Crippen molar-refractivity contribution in [2.75, 3.05) is 9.80 Å². The van der Waals surface area contributed by atoms with Gasteiger partial charge in [0.15, 0.2) is 0 Å². The Hall–Kier alpha value is -4.56. The number of fused-ring (bicyclic) bond motifs is 5. The van der Waals surface area contributed by atoms with E-state index in [1.165, 1.54) is 50.6 Å². The molecule has 0 saturated heterocycles. The second-order valence-electron chi connectivity index (χ2n) is 13.0. The fourth-order valence-corrected chi connectivity index (χ4v) is 8.61. The van der Waals surface area contributed by atoms with Crippen molar-refractivity contribution in [3.63, 3.8) is 0 Å². The van der Waals surface area contributed by atoms with Gasteiger partial charge in [-0.2, -0.15) is 0 Å². The van der Waals surface area contributed by atoms with Crippen LogP contribution in [-0.2, 0) is 0 Å². The lowest BCUT2D eigenvalue weighted by molar-refractivity contribution is 0.579. The minimum absolute atomic E-state index is 0.353. The number of hydrogen-bond donors (Lipinski definition) is 0. The highest BCUT2D eigenvalue weighted by atomic mass is 15.2. The molecule has 0 saturated carbocycles. The summed E-state index contributed by atoms with van der Waals surface area (Å²) in [6, 6.07) is 28.7. The molecule has 0 radical (unpaired) electrons. The van der Waals surface area contributed by atoms with E-state index in [1.807, 2.05) is 0 Å². The van der Waals surface area contributed by atoms with E-state index in [0.717, 1.165) is 44.9 Å². The summed E-state index contributed by atoms with van der Waals surface area (Å²) in [6.07, 6.45) is 28.5. The number of nitrogens with zero attached hydrogens (tertiary/aromatic N) is 2. The van der Waals surface area contributed by atoms with Crippen LogP contribution in [0.15, 0.2) is 144 Å². The van der Waals surface area contributed by atoms with Gasteiger partial charge in [0.05, 0.1) is 12.1 Å². The molecular weight excluding hydrogens is 532 g/mol. The SMILES string of the molecule is C1=CCCC(c2cccc(N3c4ccccc4C4=C5C6=C(CCC=C6)N(c6ccc(C7C=CC=CC7)cc6)C5CCC43)c2)=C1. The van der Waals surface area contributed by atoms with Crippen molar-refractivity contribution in [3.05, 3.63) is 161 Å². The van der Waals surface area contributed by atoms with E-state index >= 15 is 0 Å². The minimum Gasteiger partial charge on any atom is -0.337 e. The number of anilines is 3. The van der Waals surface area contributed by atoms with E-state index in [1.54, 1.807) is 11.1 Å². The first kappa shape index (κ1) is 25.9. The van der Waals surface area contributed by atoms with Gasteiger partial charge < -0.3 is 9.80 Å². The van der Waals surface area contributed by atoms with Gasteiger partial charge in [-0.25, -0.2) is 0 Å². The molecule has 3 aromatic carbocycles. The van der Waals surface area contributed by atoms with Crippen molar-refractivity contribution >= 4 is 28.2 Å². The zero-order valence-electron chi connectivity index (χ0n) is 25.2. The third-order valence-electron chi connectivity index (χ3n) is 10.6. The minimum atomic E-state index is 0.353. The van der Waals surface area contributed by atoms with E-state index in [-0.39, 0.29) is 0 Å². The molecule has 0 spiro atoms. The number of rotatable bonds is 4. The molecule has 0 fully saturated rings. The standard InChI is InChI=1S/C42H38N2/c1-3-12-29(13-4-1)31-22-24-33(25-23-31)43-37-20-9-7-18-35(37)41-39(43)26-27-40-42(41)36-19-8-10-21-38(36)44(40)34-17-11-16-32(28-34)30-14-5-2-6-15-30/h1-5,7-8,10-12,14,16-19,21-25,28-29,39-40H,6,9,13,15,20,26-27H2. The zero-order chi connectivity index (χ0) is 29.0. The Kier molecular flexibility index (Phi) is 6.21. The van der Waals surface area contributed by atoms with Crippen LogP contribution >= 0.6 is 0 Å². The largest absolute Gasteiger partial charge is 0.337 e. The molecule has 0 aromatic heterocycles. The number of benzene rings is 3. The summed E-state index contributed by atoms with van der Waals surface area (Å²) in [4.78, 5) is 5.37. The van der Waals surface area contributed by atoms with Gasteiger partial charge in [0.2, 0.25) is 0 Å². The lowest BCUT2D eigenvalue weighted by Gasteiger charge is -2.38. The molecule has 6 aliphatic rings. The second-order valence-corrected chi connectivity index (χ2v) is 13.0. The molecule has 44 heavy (non-hydrogen) atoms. The molecule has 0 N–H and O–H groups in total. The first-order chi connectivity index (χ1) is 21.8. The van der Waals surface area contributed by atoms with Crippen molar-refractivity contribution in [1.82, 2.24) is 0 Å². The molecule has 0 amide bonds. The third kappa shape index (κ3) is 4.08. The van der Waals surface area contributed by atoms with Crippen LogP contribution in [-0.4, -0.2) is 12.1 Å². The van der Waals surface area contributed by atoms with Gasteiger partial charge in [-0.15, -0.1) is 0 Å². The molecule has 0 bridgehead atoms. The normalized spacial score (nSPS) is 24.8. The Morgan fingerprint density at radius 1 is 0.659 bits per heavy atom. The topological polar surface area (TPSA) is 6.48 Å². The highest BCUT2D eigenvalue weighted by molar-refractivity contribution is 5.97. The number of hydrogen-bond acceptors (Lipinski definition) is 2. The van der Waals surface area contributed by atoms with Crippen molar-refractivity contribution in [3.8, 4) is 0 Å². The summed E-state index contributed by atoms with van der Waals surface area (Å²) >= 11 is 0. The fourth-order valence-electron chi connectivity index (χ4n) is 8.61. The van der Waals surface area contributed by atoms with Crippen molar-refractivity contribution < 1.29 is 0 Å². The molecule has 3 atom stereocenters. The molecule has 4 aliphatic carbocycles. The molecule has 2 nitrogen and oxygen atoms in total. The van der Waals surface area contributed by atoms with Crippen LogP contribution in [0, 0.1) is 0 Å². The van der Waals surface area contributed by atoms with Crippen molar-refractivity contribution in [2.45, 2.75) is 62.9 Å². The van der Waals surface area contributed by atoms with Crippen molar-refractivity contribution in [2.24, 2.45) is 0 Å². The van der Waals surface area contributed by atoms with Crippen LogP contribution in [0.3, 0.4) is 0 Å². The molecule has 2 heterocycles. The van der Waals surface area contributed by atoms with Gasteiger partial charge in [-0.3, -0.25) is 0 Å². The number of para-hydroxylation sites is 1. The quantitative estimate of drug-likeness (QED) is 0.308. The highest BCUT2D eigenvalue weighted by Crippen LogP contribution is 2.56. The predicted octanol–water partition coefficient (Wildman–Crippen LogP) is 10.6. The molecule has 216 valence electrons. The maximum Gasteiger partial charge on any atom is 0.0603 e. The zero-order valence-corrected chi connectivity index (χ0v) is 25.2. The second kappa shape index (κ2) is 10.6. The Labute approximate surface area is 261 Å². The van der Waals surface area contributed by atoms with Crippen LogP contribution in [0.2, 0.25) is 0 Å². The maximum absolute atomic E-state index is 2.72. The first-order valence-corrected chi connectivity index (χ1v) is 16.6. The van der Waals surface area contributed by atoms with E-state index in [4.69, 9.17) is 0 Å². The Morgan fingerprint density at radius 2 is 1.52 bits per heavy atom. The summed E-state index contributed by atoms with van der Waals surface area (Å²) in [5.74, 6) is 0.485. The van der Waals surface area contributed by atoms with E-state index in [0.29, 0.717) is 18.0 Å². The molecule has 2 heteroatoms. The number of allylic oxidation sites excluding steroid dienone is 11. The van der Waals surface area contributed by atoms with Crippen LogP contribution in [0.1, 0.15) is 67.6 Å². The van der Waals surface area contributed by atoms with Crippen LogP contribution in [0.25, 0.3) is 11.1 Å². The molecular formula is C42H38N2. The summed E-state index contributed by atoms with van der Waals surface area (Å²) < 4.78 is 0. The summed E-state index contributed by atoms with van der Waals surface area (Å²) in [5.41, 5.74) is 15.8. The summed E-state index contributed by atoms with van der Waals surface area (Å²) in [5, 5.41) is 0. The van der Waals surface area contributed by atoms with Crippen LogP contribution in [0.4, 0.5) is 17.1 Å². The van der Waals surface area contributed by atoms with Gasteiger partial charge >= 0.3 is 0 Å². The smallest absolute Gasteiger partial charge is 0.0603 e. The molecule has 3 aromatic rings. The lowest BCUT2D eigenvalue weighted by Crippen LogP contribution is -2.38. The van der Waals surface area contributed by atoms with E-state index in [9.17, 15) is 0 Å². The fraction of sp³-hybridized carbons (Fsp3) is 0.238. The Bertz CT molecular complexity index is 1860. The monoisotopic (exact) mass is 570 g/mol. The molecule has 3 unspecified atom stereocenters. The molecule has 2 aliphatic heterocycles. The molecule has 9 rings (SSSR count). The maximum atomic E-state index is 2.72. The Morgan fingerprint density at radius 3 is 2.36 bits per heavy atom. The van der Waals surface area contributed by atoms with Gasteiger partial charge in [0.1, 0.15) is 0 Å². The van der Waals surface area contributed by atoms with Crippen molar-refractivity contribution in [1.29, 1.82) is 0 Å². The van der Waals surface area contributed by atoms with E-state index in [2.05, 4.69) is 137 Å². The predicted molar refractivity (Wildman–Crippen MR) is 185 cm³/mol. The average molecular weight is 571 g/mol. The average Bonchev–Trinajstić information content (AvgIpc) is 3.62. The summed E-state index contributed by atoms with van der Waals surface area (Å²) in [6.45, 7) is 0. The van der Waals surface area contributed by atoms with Gasteiger partial charge in [0, 0.05) is 34.2 Å². The Balaban J connectivity index is 1.14.